The second-order valence-electron chi connectivity index (χ2n) is 11.1. The van der Waals surface area contributed by atoms with E-state index in [0.29, 0.717) is 29.9 Å². The minimum atomic E-state index is -1.76. The highest BCUT2D eigenvalue weighted by Gasteiger charge is 2.58. The molecule has 4 nitrogen and oxygen atoms in total. The van der Waals surface area contributed by atoms with Crippen LogP contribution in [0.4, 0.5) is 5.69 Å². The standard InChI is InChI=1S/C28H31NO3/c1-18-6-8-19(9-7-18)17-29-24-5-3-2-4-23(24)28(32,26(29)31)16-25(30)27-13-20-10-21(14-27)12-22(11-20)15-27/h2-9,20-22,32H,10-17H2,1H3/t20?,21?,22?,27?,28-/m1/s1. The topological polar surface area (TPSA) is 57.6 Å². The summed E-state index contributed by atoms with van der Waals surface area (Å²) in [4.78, 5) is 29.1. The molecule has 2 aromatic carbocycles. The number of para-hydroxylation sites is 1. The number of carbonyl (C=O) groups excluding carboxylic acids is 2. The number of aliphatic hydroxyl groups is 1. The van der Waals surface area contributed by atoms with Crippen molar-refractivity contribution in [2.45, 2.75) is 64.0 Å². The lowest BCUT2D eigenvalue weighted by molar-refractivity contribution is -0.154. The smallest absolute Gasteiger partial charge is 0.264 e. The Kier molecular flexibility index (Phi) is 4.42. The first kappa shape index (κ1) is 20.2. The maximum absolute atomic E-state index is 13.8. The van der Waals surface area contributed by atoms with Gasteiger partial charge in [0.1, 0.15) is 5.78 Å². The first-order valence-electron chi connectivity index (χ1n) is 12.1. The Balaban J connectivity index is 1.31. The van der Waals surface area contributed by atoms with Crippen LogP contribution in [0.3, 0.4) is 0 Å². The van der Waals surface area contributed by atoms with Crippen molar-refractivity contribution in [2.24, 2.45) is 23.2 Å². The zero-order chi connectivity index (χ0) is 22.1. The molecule has 5 aliphatic rings. The van der Waals surface area contributed by atoms with E-state index < -0.39 is 5.60 Å². The number of rotatable bonds is 5. The molecule has 1 aliphatic heterocycles. The normalized spacial score (nSPS) is 34.8. The lowest BCUT2D eigenvalue weighted by Gasteiger charge is -2.56. The molecule has 4 heteroatoms. The average molecular weight is 430 g/mol. The van der Waals surface area contributed by atoms with E-state index in [2.05, 4.69) is 0 Å². The zero-order valence-corrected chi connectivity index (χ0v) is 18.7. The molecule has 1 heterocycles. The van der Waals surface area contributed by atoms with Crippen LogP contribution in [-0.4, -0.2) is 16.8 Å². The van der Waals surface area contributed by atoms with Gasteiger partial charge in [-0.1, -0.05) is 48.0 Å². The Hall–Kier alpha value is -2.46. The van der Waals surface area contributed by atoms with Crippen molar-refractivity contribution in [1.82, 2.24) is 0 Å². The van der Waals surface area contributed by atoms with Crippen molar-refractivity contribution < 1.29 is 14.7 Å². The molecule has 1 amide bonds. The van der Waals surface area contributed by atoms with Gasteiger partial charge in [0, 0.05) is 17.4 Å². The Morgan fingerprint density at radius 1 is 0.969 bits per heavy atom. The lowest BCUT2D eigenvalue weighted by atomic mass is 9.48. The summed E-state index contributed by atoms with van der Waals surface area (Å²) in [6.07, 6.45) is 6.57. The van der Waals surface area contributed by atoms with Crippen molar-refractivity contribution in [2.75, 3.05) is 4.90 Å². The number of ketones is 1. The summed E-state index contributed by atoms with van der Waals surface area (Å²) in [6, 6.07) is 15.5. The lowest BCUT2D eigenvalue weighted by Crippen LogP contribution is -2.52. The van der Waals surface area contributed by atoms with Crippen LogP contribution in [0.2, 0.25) is 0 Å². The van der Waals surface area contributed by atoms with Crippen molar-refractivity contribution >= 4 is 17.4 Å². The van der Waals surface area contributed by atoms with Crippen LogP contribution in [0.5, 0.6) is 0 Å². The van der Waals surface area contributed by atoms with Gasteiger partial charge in [-0.3, -0.25) is 9.59 Å². The molecule has 7 rings (SSSR count). The monoisotopic (exact) mass is 429 g/mol. The molecule has 4 fully saturated rings. The summed E-state index contributed by atoms with van der Waals surface area (Å²) < 4.78 is 0. The van der Waals surface area contributed by atoms with Crippen LogP contribution in [0.25, 0.3) is 0 Å². The van der Waals surface area contributed by atoms with Crippen molar-refractivity contribution in [3.63, 3.8) is 0 Å². The molecule has 0 saturated heterocycles. The third-order valence-corrected chi connectivity index (χ3v) is 8.75. The van der Waals surface area contributed by atoms with Gasteiger partial charge in [0.25, 0.3) is 5.91 Å². The van der Waals surface area contributed by atoms with Gasteiger partial charge >= 0.3 is 0 Å². The summed E-state index contributed by atoms with van der Waals surface area (Å²) in [5, 5.41) is 11.8. The second kappa shape index (κ2) is 7.02. The summed E-state index contributed by atoms with van der Waals surface area (Å²) in [5.74, 6) is 1.72. The van der Waals surface area contributed by atoms with E-state index in [4.69, 9.17) is 0 Å². The van der Waals surface area contributed by atoms with Gasteiger partial charge in [0.15, 0.2) is 5.60 Å². The molecule has 0 unspecified atom stereocenters. The molecule has 1 N–H and O–H groups in total. The third-order valence-electron chi connectivity index (χ3n) is 8.75. The summed E-state index contributed by atoms with van der Waals surface area (Å²) >= 11 is 0. The van der Waals surface area contributed by atoms with Gasteiger partial charge in [0.2, 0.25) is 0 Å². The predicted molar refractivity (Wildman–Crippen MR) is 123 cm³/mol. The Labute approximate surface area is 189 Å². The number of hydrogen-bond donors (Lipinski definition) is 1. The van der Waals surface area contributed by atoms with Crippen LogP contribution in [0.1, 0.15) is 61.6 Å². The van der Waals surface area contributed by atoms with Gasteiger partial charge in [-0.2, -0.15) is 0 Å². The Bertz CT molecular complexity index is 1050. The Morgan fingerprint density at radius 3 is 2.19 bits per heavy atom. The van der Waals surface area contributed by atoms with E-state index in [1.54, 1.807) is 4.90 Å². The molecule has 4 saturated carbocycles. The first-order valence-corrected chi connectivity index (χ1v) is 12.1. The molecular formula is C28H31NO3. The predicted octanol–water partition coefficient (Wildman–Crippen LogP) is 4.91. The number of Topliss-reactive ketones (excluding diaryl/α,β-unsaturated/α-hetero) is 1. The third kappa shape index (κ3) is 2.99. The fraction of sp³-hybridized carbons (Fsp3) is 0.500. The van der Waals surface area contributed by atoms with Crippen molar-refractivity contribution in [3.8, 4) is 0 Å². The van der Waals surface area contributed by atoms with Gasteiger partial charge < -0.3 is 10.0 Å². The molecule has 0 radical (unpaired) electrons. The van der Waals surface area contributed by atoms with Gasteiger partial charge in [-0.05, 0) is 74.8 Å². The highest BCUT2D eigenvalue weighted by molar-refractivity contribution is 6.09. The Morgan fingerprint density at radius 2 is 1.56 bits per heavy atom. The number of carbonyl (C=O) groups is 2. The van der Waals surface area contributed by atoms with Crippen LogP contribution in [-0.2, 0) is 21.7 Å². The van der Waals surface area contributed by atoms with E-state index >= 15 is 0 Å². The van der Waals surface area contributed by atoms with Crippen LogP contribution >= 0.6 is 0 Å². The number of hydrogen-bond acceptors (Lipinski definition) is 3. The summed E-state index contributed by atoms with van der Waals surface area (Å²) in [5.41, 5.74) is 1.40. The zero-order valence-electron chi connectivity index (χ0n) is 18.7. The second-order valence-corrected chi connectivity index (χ2v) is 11.1. The maximum atomic E-state index is 13.8. The molecule has 0 spiro atoms. The molecule has 32 heavy (non-hydrogen) atoms. The van der Waals surface area contributed by atoms with Crippen LogP contribution in [0, 0.1) is 30.1 Å². The molecule has 166 valence electrons. The molecule has 2 aromatic rings. The van der Waals surface area contributed by atoms with Crippen molar-refractivity contribution in [1.29, 1.82) is 0 Å². The molecule has 4 aliphatic carbocycles. The maximum Gasteiger partial charge on any atom is 0.264 e. The summed E-state index contributed by atoms with van der Waals surface area (Å²) in [7, 11) is 0. The first-order chi connectivity index (χ1) is 15.4. The number of aryl methyl sites for hydroxylation is 1. The number of fused-ring (bicyclic) bond motifs is 1. The number of anilines is 1. The molecule has 0 aromatic heterocycles. The minimum absolute atomic E-state index is 0.0978. The van der Waals surface area contributed by atoms with E-state index in [1.807, 2.05) is 55.5 Å². The molecule has 4 bridgehead atoms. The van der Waals surface area contributed by atoms with Crippen LogP contribution < -0.4 is 4.90 Å². The van der Waals surface area contributed by atoms with E-state index in [1.165, 1.54) is 24.8 Å². The highest BCUT2D eigenvalue weighted by Crippen LogP contribution is 2.61. The average Bonchev–Trinajstić information content (AvgIpc) is 2.96. The number of benzene rings is 2. The largest absolute Gasteiger partial charge is 0.375 e. The number of nitrogens with zero attached hydrogens (tertiary/aromatic N) is 1. The quantitative estimate of drug-likeness (QED) is 0.735. The fourth-order valence-electron chi connectivity index (χ4n) is 7.58. The minimum Gasteiger partial charge on any atom is -0.375 e. The van der Waals surface area contributed by atoms with Gasteiger partial charge in [0.05, 0.1) is 12.2 Å². The molecule has 1 atom stereocenters. The fourth-order valence-corrected chi connectivity index (χ4v) is 7.58. The van der Waals surface area contributed by atoms with Gasteiger partial charge in [-0.15, -0.1) is 0 Å². The van der Waals surface area contributed by atoms with E-state index in [-0.39, 0.29) is 23.5 Å². The summed E-state index contributed by atoms with van der Waals surface area (Å²) in [6.45, 7) is 2.43. The van der Waals surface area contributed by atoms with E-state index in [9.17, 15) is 14.7 Å². The molecular weight excluding hydrogens is 398 g/mol. The van der Waals surface area contributed by atoms with Gasteiger partial charge in [-0.25, -0.2) is 0 Å². The SMILES string of the molecule is Cc1ccc(CN2C(=O)[C@@](O)(CC(=O)C34CC5CC(CC(C5)C3)C4)c3ccccc32)cc1. The highest BCUT2D eigenvalue weighted by atomic mass is 16.3. The van der Waals surface area contributed by atoms with E-state index in [0.717, 1.165) is 30.5 Å². The van der Waals surface area contributed by atoms with Crippen LogP contribution in [0.15, 0.2) is 48.5 Å². The van der Waals surface area contributed by atoms with Crippen molar-refractivity contribution in [3.05, 3.63) is 65.2 Å². The number of amides is 1.